The van der Waals surface area contributed by atoms with Gasteiger partial charge in [0.15, 0.2) is 11.3 Å². The Morgan fingerprint density at radius 3 is 3.24 bits per heavy atom. The zero-order valence-electron chi connectivity index (χ0n) is 9.09. The fourth-order valence-corrected chi connectivity index (χ4v) is 2.34. The monoisotopic (exact) mass is 248 g/mol. The van der Waals surface area contributed by atoms with E-state index in [0.29, 0.717) is 12.2 Å². The minimum absolute atomic E-state index is 0.284. The Balaban J connectivity index is 2.27. The molecule has 2 aromatic rings. The highest BCUT2D eigenvalue weighted by Gasteiger charge is 2.20. The number of rotatable bonds is 2. The molecule has 1 aromatic carbocycles. The number of fused-ring (bicyclic) bond motifs is 2. The van der Waals surface area contributed by atoms with Crippen molar-refractivity contribution in [3.63, 3.8) is 0 Å². The van der Waals surface area contributed by atoms with Crippen LogP contribution >= 0.6 is 12.6 Å². The highest BCUT2D eigenvalue weighted by molar-refractivity contribution is 7.80. The summed E-state index contributed by atoms with van der Waals surface area (Å²) in [4.78, 5) is 0. The smallest absolute Gasteiger partial charge is 0.176 e. The van der Waals surface area contributed by atoms with Crippen LogP contribution in [-0.2, 0) is 6.42 Å². The molecule has 0 radical (unpaired) electrons. The van der Waals surface area contributed by atoms with Crippen molar-refractivity contribution in [2.75, 3.05) is 5.94 Å². The van der Waals surface area contributed by atoms with Gasteiger partial charge in [0.25, 0.3) is 0 Å². The summed E-state index contributed by atoms with van der Waals surface area (Å²) in [6, 6.07) is 3.95. The van der Waals surface area contributed by atoms with E-state index >= 15 is 0 Å². The lowest BCUT2D eigenvalue weighted by molar-refractivity contribution is 0.221. The molecule has 3 rings (SSSR count). The molecule has 1 aromatic heterocycles. The van der Waals surface area contributed by atoms with Crippen LogP contribution in [-0.4, -0.2) is 17.1 Å². The summed E-state index contributed by atoms with van der Waals surface area (Å²) < 4.78 is 11.0. The first kappa shape index (κ1) is 10.7. The summed E-state index contributed by atoms with van der Waals surface area (Å²) >= 11 is 4.08. The first-order valence-corrected chi connectivity index (χ1v) is 6.06. The zero-order valence-corrected chi connectivity index (χ0v) is 9.98. The molecule has 1 aliphatic rings. The summed E-state index contributed by atoms with van der Waals surface area (Å²) in [6.45, 7) is 0. The van der Waals surface area contributed by atoms with E-state index in [4.69, 9.17) is 9.15 Å². The van der Waals surface area contributed by atoms with Crippen molar-refractivity contribution < 1.29 is 14.3 Å². The van der Waals surface area contributed by atoms with Crippen LogP contribution in [0.3, 0.4) is 0 Å². The second kappa shape index (κ2) is 4.13. The molecule has 1 N–H and O–H groups in total. The summed E-state index contributed by atoms with van der Waals surface area (Å²) in [5, 5.41) is 10.7. The third-order valence-electron chi connectivity index (χ3n) is 2.96. The van der Waals surface area contributed by atoms with Gasteiger partial charge in [-0.05, 0) is 17.7 Å². The summed E-state index contributed by atoms with van der Waals surface area (Å²) in [6.07, 6.45) is 5.44. The fraction of sp³-hybridized carbons (Fsp3) is 0.231. The van der Waals surface area contributed by atoms with Crippen LogP contribution in [0.15, 0.2) is 28.9 Å². The van der Waals surface area contributed by atoms with E-state index in [1.54, 1.807) is 12.3 Å². The molecule has 0 fully saturated rings. The maximum Gasteiger partial charge on any atom is 0.176 e. The lowest BCUT2D eigenvalue weighted by atomic mass is 9.93. The normalized spacial score (nSPS) is 18.4. The molecule has 1 unspecified atom stereocenters. The van der Waals surface area contributed by atoms with E-state index in [0.717, 1.165) is 22.1 Å². The molecule has 4 heteroatoms. The molecular formula is C13H12O3S. The van der Waals surface area contributed by atoms with Crippen LogP contribution < -0.4 is 4.74 Å². The quantitative estimate of drug-likeness (QED) is 0.634. The van der Waals surface area contributed by atoms with Gasteiger partial charge < -0.3 is 14.3 Å². The number of hydrogen-bond donors (Lipinski definition) is 2. The Hall–Kier alpha value is -1.39. The minimum atomic E-state index is -0.461. The predicted molar refractivity (Wildman–Crippen MR) is 69.4 cm³/mol. The molecule has 0 amide bonds. The number of aliphatic hydroxyl groups is 1. The van der Waals surface area contributed by atoms with Gasteiger partial charge in [-0.25, -0.2) is 0 Å². The SMILES string of the molecule is OC1C=Cc2cc3ccoc3c(OCS)c2C1. The summed E-state index contributed by atoms with van der Waals surface area (Å²) in [5.41, 5.74) is 2.78. The highest BCUT2D eigenvalue weighted by atomic mass is 32.1. The second-order valence-corrected chi connectivity index (χ2v) is 4.27. The van der Waals surface area contributed by atoms with Gasteiger partial charge in [-0.3, -0.25) is 0 Å². The Morgan fingerprint density at radius 1 is 1.53 bits per heavy atom. The second-order valence-electron chi connectivity index (χ2n) is 4.02. The minimum Gasteiger partial charge on any atom is -0.479 e. The largest absolute Gasteiger partial charge is 0.479 e. The Morgan fingerprint density at radius 2 is 2.41 bits per heavy atom. The van der Waals surface area contributed by atoms with Crippen LogP contribution in [0.4, 0.5) is 0 Å². The van der Waals surface area contributed by atoms with E-state index < -0.39 is 6.10 Å². The molecule has 0 saturated carbocycles. The van der Waals surface area contributed by atoms with Crippen molar-refractivity contribution >= 4 is 29.7 Å². The predicted octanol–water partition coefficient (Wildman–Crippen LogP) is 2.63. The number of furan rings is 1. The van der Waals surface area contributed by atoms with Crippen molar-refractivity contribution in [2.24, 2.45) is 0 Å². The maximum atomic E-state index is 9.68. The molecule has 0 bridgehead atoms. The molecule has 17 heavy (non-hydrogen) atoms. The van der Waals surface area contributed by atoms with Gasteiger partial charge in [-0.1, -0.05) is 12.2 Å². The molecule has 1 aliphatic carbocycles. The molecular weight excluding hydrogens is 236 g/mol. The van der Waals surface area contributed by atoms with E-state index in [1.165, 1.54) is 0 Å². The fourth-order valence-electron chi connectivity index (χ4n) is 2.21. The standard InChI is InChI=1S/C13H12O3S/c14-10-2-1-8-5-9-3-4-15-12(9)13(16-7-17)11(8)6-10/h1-5,10,14,17H,6-7H2. The molecule has 0 aliphatic heterocycles. The first-order chi connectivity index (χ1) is 8.29. The van der Waals surface area contributed by atoms with E-state index in [1.807, 2.05) is 18.2 Å². The topological polar surface area (TPSA) is 42.6 Å². The van der Waals surface area contributed by atoms with Crippen LogP contribution in [0.5, 0.6) is 5.75 Å². The van der Waals surface area contributed by atoms with Crippen molar-refractivity contribution in [1.29, 1.82) is 0 Å². The van der Waals surface area contributed by atoms with E-state index in [-0.39, 0.29) is 5.94 Å². The van der Waals surface area contributed by atoms with Gasteiger partial charge in [-0.2, -0.15) is 0 Å². The summed E-state index contributed by atoms with van der Waals surface area (Å²) in [5.74, 6) is 0.979. The highest BCUT2D eigenvalue weighted by Crippen LogP contribution is 2.37. The van der Waals surface area contributed by atoms with Gasteiger partial charge >= 0.3 is 0 Å². The van der Waals surface area contributed by atoms with Crippen LogP contribution in [0.25, 0.3) is 17.0 Å². The maximum absolute atomic E-state index is 9.68. The molecule has 1 atom stereocenters. The number of thiol groups is 1. The summed E-state index contributed by atoms with van der Waals surface area (Å²) in [7, 11) is 0. The average molecular weight is 248 g/mol. The van der Waals surface area contributed by atoms with Gasteiger partial charge in [0, 0.05) is 17.4 Å². The zero-order chi connectivity index (χ0) is 11.8. The van der Waals surface area contributed by atoms with Crippen LogP contribution in [0, 0.1) is 0 Å². The van der Waals surface area contributed by atoms with Gasteiger partial charge in [0.05, 0.1) is 12.4 Å². The third kappa shape index (κ3) is 1.73. The van der Waals surface area contributed by atoms with Crippen molar-refractivity contribution in [3.05, 3.63) is 35.6 Å². The molecule has 3 nitrogen and oxygen atoms in total. The molecule has 1 heterocycles. The van der Waals surface area contributed by atoms with Gasteiger partial charge in [-0.15, -0.1) is 12.6 Å². The number of hydrogen-bond acceptors (Lipinski definition) is 4. The number of aliphatic hydroxyl groups excluding tert-OH is 1. The van der Waals surface area contributed by atoms with Crippen molar-refractivity contribution in [1.82, 2.24) is 0 Å². The first-order valence-electron chi connectivity index (χ1n) is 5.42. The van der Waals surface area contributed by atoms with Gasteiger partial charge in [0.1, 0.15) is 5.94 Å². The average Bonchev–Trinajstić information content (AvgIpc) is 2.77. The lowest BCUT2D eigenvalue weighted by Gasteiger charge is -2.18. The van der Waals surface area contributed by atoms with Crippen LogP contribution in [0.2, 0.25) is 0 Å². The van der Waals surface area contributed by atoms with Crippen LogP contribution in [0.1, 0.15) is 11.1 Å². The van der Waals surface area contributed by atoms with Gasteiger partial charge in [0.2, 0.25) is 0 Å². The van der Waals surface area contributed by atoms with E-state index in [2.05, 4.69) is 12.6 Å². The number of benzene rings is 1. The third-order valence-corrected chi connectivity index (χ3v) is 3.08. The van der Waals surface area contributed by atoms with Crippen molar-refractivity contribution in [3.8, 4) is 5.75 Å². The Labute approximate surface area is 104 Å². The van der Waals surface area contributed by atoms with E-state index in [9.17, 15) is 5.11 Å². The molecule has 0 saturated heterocycles. The molecule has 0 spiro atoms. The number of ether oxygens (including phenoxy) is 1. The Bertz CT molecular complexity index is 586. The van der Waals surface area contributed by atoms with Crippen molar-refractivity contribution in [2.45, 2.75) is 12.5 Å². The molecule has 88 valence electrons. The lowest BCUT2D eigenvalue weighted by Crippen LogP contribution is -2.13. The Kier molecular flexibility index (Phi) is 2.61.